The third-order valence-corrected chi connectivity index (χ3v) is 2.67. The highest BCUT2D eigenvalue weighted by Crippen LogP contribution is 2.07. The van der Waals surface area contributed by atoms with Gasteiger partial charge in [-0.25, -0.2) is 9.97 Å². The van der Waals surface area contributed by atoms with Crippen LogP contribution in [0, 0.1) is 0 Å². The molecular weight excluding hydrogens is 226 g/mol. The molecule has 0 fully saturated rings. The van der Waals surface area contributed by atoms with Gasteiger partial charge in [-0.15, -0.1) is 0 Å². The summed E-state index contributed by atoms with van der Waals surface area (Å²) in [6.07, 6.45) is 4.91. The zero-order valence-corrected chi connectivity index (χ0v) is 12.0. The molecular formula is C13H25N5. The van der Waals surface area contributed by atoms with Crippen LogP contribution in [0.25, 0.3) is 0 Å². The van der Waals surface area contributed by atoms with Gasteiger partial charge in [-0.3, -0.25) is 0 Å². The highest BCUT2D eigenvalue weighted by Gasteiger charge is 2.08. The Balaban J connectivity index is 2.65. The molecule has 0 aromatic carbocycles. The first-order valence-electron chi connectivity index (χ1n) is 6.52. The molecule has 0 atom stereocenters. The summed E-state index contributed by atoms with van der Waals surface area (Å²) in [6.45, 7) is 5.97. The molecule has 0 spiro atoms. The first kappa shape index (κ1) is 14.9. The number of nitrogens with zero attached hydrogens (tertiary/aromatic N) is 4. The van der Waals surface area contributed by atoms with E-state index in [1.54, 1.807) is 0 Å². The molecule has 1 aromatic rings. The van der Waals surface area contributed by atoms with Crippen LogP contribution in [0.1, 0.15) is 18.9 Å². The average molecular weight is 251 g/mol. The standard InChI is InChI=1S/C13H25N5/c1-5-6-18(8-7-17(3)4)13-15-10-12(9-14-2)11-16-13/h10-11,14H,5-9H2,1-4H3. The molecule has 1 N–H and O–H groups in total. The summed E-state index contributed by atoms with van der Waals surface area (Å²) in [5, 5.41) is 3.10. The fourth-order valence-electron chi connectivity index (χ4n) is 1.71. The zero-order valence-electron chi connectivity index (χ0n) is 12.0. The fourth-order valence-corrected chi connectivity index (χ4v) is 1.71. The molecule has 0 amide bonds. The molecule has 0 saturated heterocycles. The van der Waals surface area contributed by atoms with E-state index in [4.69, 9.17) is 0 Å². The lowest BCUT2D eigenvalue weighted by molar-refractivity contribution is 0.411. The molecule has 0 unspecified atom stereocenters. The third-order valence-electron chi connectivity index (χ3n) is 2.67. The van der Waals surface area contributed by atoms with Crippen LogP contribution in [-0.4, -0.2) is 55.6 Å². The Kier molecular flexibility index (Phi) is 6.60. The Hall–Kier alpha value is -1.20. The second-order valence-corrected chi connectivity index (χ2v) is 4.71. The van der Waals surface area contributed by atoms with Crippen molar-refractivity contribution in [2.45, 2.75) is 19.9 Å². The zero-order chi connectivity index (χ0) is 13.4. The summed E-state index contributed by atoms with van der Waals surface area (Å²) in [5.74, 6) is 0.832. The van der Waals surface area contributed by atoms with Gasteiger partial charge < -0.3 is 15.1 Å². The quantitative estimate of drug-likeness (QED) is 0.746. The second kappa shape index (κ2) is 8.00. The summed E-state index contributed by atoms with van der Waals surface area (Å²) in [6, 6.07) is 0. The molecule has 18 heavy (non-hydrogen) atoms. The Morgan fingerprint density at radius 1 is 1.11 bits per heavy atom. The first-order chi connectivity index (χ1) is 8.67. The Morgan fingerprint density at radius 3 is 2.28 bits per heavy atom. The van der Waals surface area contributed by atoms with Crippen molar-refractivity contribution in [3.63, 3.8) is 0 Å². The Bertz CT molecular complexity index is 323. The summed E-state index contributed by atoms with van der Waals surface area (Å²) in [4.78, 5) is 13.3. The number of anilines is 1. The lowest BCUT2D eigenvalue weighted by Gasteiger charge is -2.23. The molecule has 0 radical (unpaired) electrons. The molecule has 0 bridgehead atoms. The number of hydrogen-bond acceptors (Lipinski definition) is 5. The van der Waals surface area contributed by atoms with Crippen LogP contribution >= 0.6 is 0 Å². The van der Waals surface area contributed by atoms with Crippen molar-refractivity contribution in [3.05, 3.63) is 18.0 Å². The normalized spacial score (nSPS) is 10.9. The Morgan fingerprint density at radius 2 is 1.78 bits per heavy atom. The van der Waals surface area contributed by atoms with Gasteiger partial charge in [0.2, 0.25) is 5.95 Å². The largest absolute Gasteiger partial charge is 0.340 e. The van der Waals surface area contributed by atoms with E-state index in [1.807, 2.05) is 19.4 Å². The van der Waals surface area contributed by atoms with Crippen molar-refractivity contribution in [2.75, 3.05) is 45.7 Å². The van der Waals surface area contributed by atoms with Gasteiger partial charge in [-0.05, 0) is 27.6 Å². The van der Waals surface area contributed by atoms with E-state index in [2.05, 4.69) is 46.1 Å². The second-order valence-electron chi connectivity index (χ2n) is 4.71. The molecule has 102 valence electrons. The van der Waals surface area contributed by atoms with Crippen LogP contribution in [0.4, 0.5) is 5.95 Å². The first-order valence-corrected chi connectivity index (χ1v) is 6.52. The van der Waals surface area contributed by atoms with E-state index >= 15 is 0 Å². The van der Waals surface area contributed by atoms with Crippen molar-refractivity contribution in [3.8, 4) is 0 Å². The molecule has 0 saturated carbocycles. The molecule has 5 nitrogen and oxygen atoms in total. The van der Waals surface area contributed by atoms with Crippen molar-refractivity contribution in [2.24, 2.45) is 0 Å². The van der Waals surface area contributed by atoms with Crippen molar-refractivity contribution in [1.82, 2.24) is 20.2 Å². The van der Waals surface area contributed by atoms with E-state index < -0.39 is 0 Å². The van der Waals surface area contributed by atoms with Crippen LogP contribution in [0.15, 0.2) is 12.4 Å². The van der Waals surface area contributed by atoms with E-state index in [-0.39, 0.29) is 0 Å². The summed E-state index contributed by atoms with van der Waals surface area (Å²) < 4.78 is 0. The minimum Gasteiger partial charge on any atom is -0.340 e. The summed E-state index contributed by atoms with van der Waals surface area (Å²) >= 11 is 0. The molecule has 0 aliphatic carbocycles. The van der Waals surface area contributed by atoms with Gasteiger partial charge in [0, 0.05) is 44.1 Å². The topological polar surface area (TPSA) is 44.3 Å². The van der Waals surface area contributed by atoms with E-state index in [0.717, 1.165) is 44.1 Å². The van der Waals surface area contributed by atoms with Gasteiger partial charge in [0.25, 0.3) is 0 Å². The fraction of sp³-hybridized carbons (Fsp3) is 0.692. The number of aromatic nitrogens is 2. The minimum absolute atomic E-state index is 0.811. The summed E-state index contributed by atoms with van der Waals surface area (Å²) in [7, 11) is 6.09. The lowest BCUT2D eigenvalue weighted by Crippen LogP contribution is -2.33. The van der Waals surface area contributed by atoms with Gasteiger partial charge in [0.05, 0.1) is 0 Å². The highest BCUT2D eigenvalue weighted by atomic mass is 15.3. The molecule has 0 aliphatic rings. The summed E-state index contributed by atoms with van der Waals surface area (Å²) in [5.41, 5.74) is 1.12. The molecule has 1 heterocycles. The van der Waals surface area contributed by atoms with Crippen molar-refractivity contribution < 1.29 is 0 Å². The van der Waals surface area contributed by atoms with Crippen LogP contribution < -0.4 is 10.2 Å². The molecule has 0 aliphatic heterocycles. The van der Waals surface area contributed by atoms with Crippen LogP contribution in [0.2, 0.25) is 0 Å². The van der Waals surface area contributed by atoms with Gasteiger partial charge in [-0.1, -0.05) is 6.92 Å². The number of likely N-dealkylation sites (N-methyl/N-ethyl adjacent to an activating group) is 1. The monoisotopic (exact) mass is 251 g/mol. The van der Waals surface area contributed by atoms with Gasteiger partial charge in [-0.2, -0.15) is 0 Å². The molecule has 1 aromatic heterocycles. The number of rotatable bonds is 8. The van der Waals surface area contributed by atoms with E-state index in [0.29, 0.717) is 0 Å². The van der Waals surface area contributed by atoms with Gasteiger partial charge in [0.15, 0.2) is 0 Å². The average Bonchev–Trinajstić information content (AvgIpc) is 2.36. The van der Waals surface area contributed by atoms with Crippen LogP contribution in [-0.2, 0) is 6.54 Å². The molecule has 5 heteroatoms. The smallest absolute Gasteiger partial charge is 0.225 e. The number of hydrogen-bond donors (Lipinski definition) is 1. The van der Waals surface area contributed by atoms with Crippen molar-refractivity contribution in [1.29, 1.82) is 0 Å². The van der Waals surface area contributed by atoms with Crippen molar-refractivity contribution >= 4 is 5.95 Å². The minimum atomic E-state index is 0.811. The Labute approximate surface area is 110 Å². The maximum absolute atomic E-state index is 4.45. The maximum Gasteiger partial charge on any atom is 0.225 e. The third kappa shape index (κ3) is 4.98. The van der Waals surface area contributed by atoms with Gasteiger partial charge >= 0.3 is 0 Å². The number of nitrogens with one attached hydrogen (secondary N) is 1. The SMILES string of the molecule is CCCN(CCN(C)C)c1ncc(CNC)cn1. The highest BCUT2D eigenvalue weighted by molar-refractivity contribution is 5.29. The van der Waals surface area contributed by atoms with Crippen LogP contribution in [0.5, 0.6) is 0 Å². The lowest BCUT2D eigenvalue weighted by atomic mass is 10.3. The van der Waals surface area contributed by atoms with Gasteiger partial charge in [0.1, 0.15) is 0 Å². The van der Waals surface area contributed by atoms with E-state index in [1.165, 1.54) is 0 Å². The van der Waals surface area contributed by atoms with Crippen LogP contribution in [0.3, 0.4) is 0 Å². The maximum atomic E-state index is 4.45. The van der Waals surface area contributed by atoms with E-state index in [9.17, 15) is 0 Å². The predicted octanol–water partition coefficient (Wildman–Crippen LogP) is 0.974. The molecule has 1 rings (SSSR count). The predicted molar refractivity (Wildman–Crippen MR) is 75.9 cm³/mol.